The van der Waals surface area contributed by atoms with Crippen LogP contribution < -0.4 is 15.0 Å². The number of carbonyl (C=O) groups excluding carboxylic acids is 1. The fourth-order valence-electron chi connectivity index (χ4n) is 2.24. The molecule has 0 radical (unpaired) electrons. The molecule has 1 aromatic heterocycles. The van der Waals surface area contributed by atoms with Gasteiger partial charge in [0, 0.05) is 5.39 Å². The highest BCUT2D eigenvalue weighted by atomic mass is 35.5. The van der Waals surface area contributed by atoms with Crippen molar-refractivity contribution in [3.05, 3.63) is 65.3 Å². The van der Waals surface area contributed by atoms with Gasteiger partial charge in [-0.3, -0.25) is 10.2 Å². The molecule has 1 amide bonds. The molecule has 0 aliphatic rings. The van der Waals surface area contributed by atoms with E-state index in [4.69, 9.17) is 16.3 Å². The van der Waals surface area contributed by atoms with Crippen molar-refractivity contribution in [1.29, 1.82) is 0 Å². The van der Waals surface area contributed by atoms with Crippen LogP contribution in [0.4, 0.5) is 0 Å². The van der Waals surface area contributed by atoms with E-state index in [2.05, 4.69) is 10.4 Å². The predicted octanol–water partition coefficient (Wildman–Crippen LogP) is 2.52. The number of methoxy groups -OCH3 is 1. The van der Waals surface area contributed by atoms with E-state index in [9.17, 15) is 13.2 Å². The summed E-state index contributed by atoms with van der Waals surface area (Å²) in [6, 6.07) is 14.5. The average molecular weight is 392 g/mol. The maximum absolute atomic E-state index is 12.3. The van der Waals surface area contributed by atoms with E-state index in [1.54, 1.807) is 18.2 Å². The van der Waals surface area contributed by atoms with E-state index in [-0.39, 0.29) is 15.6 Å². The van der Waals surface area contributed by atoms with Gasteiger partial charge in [-0.05, 0) is 30.3 Å². The summed E-state index contributed by atoms with van der Waals surface area (Å²) in [5.74, 6) is -0.339. The Kier molecular flexibility index (Phi) is 5.08. The van der Waals surface area contributed by atoms with Crippen molar-refractivity contribution in [3.63, 3.8) is 0 Å². The summed E-state index contributed by atoms with van der Waals surface area (Å²) in [5.41, 5.74) is 2.85. The van der Waals surface area contributed by atoms with E-state index in [1.807, 2.05) is 17.0 Å². The van der Waals surface area contributed by atoms with Gasteiger partial charge in [-0.25, -0.2) is 13.4 Å². The minimum atomic E-state index is -4.00. The Bertz CT molecular complexity index is 1090. The van der Waals surface area contributed by atoms with E-state index < -0.39 is 15.9 Å². The number of benzene rings is 2. The molecule has 3 aromatic rings. The van der Waals surface area contributed by atoms with Crippen LogP contribution in [0.15, 0.2) is 59.5 Å². The van der Waals surface area contributed by atoms with Crippen molar-refractivity contribution < 1.29 is 17.9 Å². The van der Waals surface area contributed by atoms with Crippen molar-refractivity contribution in [1.82, 2.24) is 15.2 Å². The number of sulfonamides is 1. The molecule has 0 spiro atoms. The summed E-state index contributed by atoms with van der Waals surface area (Å²) in [6.07, 6.45) is 0. The molecule has 7 nitrogen and oxygen atoms in total. The Morgan fingerprint density at radius 1 is 1.12 bits per heavy atom. The zero-order chi connectivity index (χ0) is 18.7. The monoisotopic (exact) mass is 391 g/mol. The molecule has 0 bridgehead atoms. The molecule has 0 atom stereocenters. The number of pyridine rings is 1. The Balaban J connectivity index is 1.76. The number of carbonyl (C=O) groups is 1. The normalized spacial score (nSPS) is 11.3. The van der Waals surface area contributed by atoms with Crippen LogP contribution in [0, 0.1) is 0 Å². The second-order valence-corrected chi connectivity index (χ2v) is 7.33. The minimum absolute atomic E-state index is 0.0826. The van der Waals surface area contributed by atoms with Gasteiger partial charge in [-0.15, -0.1) is 4.83 Å². The second-order valence-electron chi connectivity index (χ2n) is 5.25. The third-order valence-electron chi connectivity index (χ3n) is 3.56. The number of aromatic nitrogens is 1. The van der Waals surface area contributed by atoms with Gasteiger partial charge in [0.05, 0.1) is 22.5 Å². The molecule has 0 fully saturated rings. The molecule has 2 aromatic carbocycles. The molecule has 0 saturated heterocycles. The Morgan fingerprint density at radius 3 is 2.62 bits per heavy atom. The number of nitrogens with one attached hydrogen (secondary N) is 2. The summed E-state index contributed by atoms with van der Waals surface area (Å²) in [5, 5.41) is 1.01. The van der Waals surface area contributed by atoms with Crippen molar-refractivity contribution in [2.75, 3.05) is 7.11 Å². The number of amides is 1. The SMILES string of the molecule is COc1ccc(S(=O)(=O)NNC(=O)c2ccc3ccccc3n2)cc1Cl. The number of rotatable bonds is 5. The fourth-order valence-corrected chi connectivity index (χ4v) is 3.43. The molecular formula is C17H14ClN3O4S. The first-order valence-electron chi connectivity index (χ1n) is 7.42. The van der Waals surface area contributed by atoms with E-state index >= 15 is 0 Å². The molecule has 0 aliphatic heterocycles. The zero-order valence-corrected chi connectivity index (χ0v) is 15.1. The van der Waals surface area contributed by atoms with Gasteiger partial charge in [0.1, 0.15) is 11.4 Å². The quantitative estimate of drug-likeness (QED) is 0.651. The van der Waals surface area contributed by atoms with Crippen molar-refractivity contribution in [2.24, 2.45) is 0 Å². The lowest BCUT2D eigenvalue weighted by Gasteiger charge is -2.10. The van der Waals surface area contributed by atoms with Crippen LogP contribution in [0.3, 0.4) is 0 Å². The summed E-state index contributed by atoms with van der Waals surface area (Å²) in [6.45, 7) is 0. The molecule has 0 unspecified atom stereocenters. The molecule has 26 heavy (non-hydrogen) atoms. The van der Waals surface area contributed by atoms with Gasteiger partial charge >= 0.3 is 0 Å². The highest BCUT2D eigenvalue weighted by Gasteiger charge is 2.18. The van der Waals surface area contributed by atoms with E-state index in [0.29, 0.717) is 11.3 Å². The van der Waals surface area contributed by atoms with Crippen molar-refractivity contribution in [3.8, 4) is 5.75 Å². The van der Waals surface area contributed by atoms with Crippen LogP contribution >= 0.6 is 11.6 Å². The number of para-hydroxylation sites is 1. The van der Waals surface area contributed by atoms with Crippen LogP contribution in [-0.4, -0.2) is 26.4 Å². The molecule has 0 aliphatic carbocycles. The molecule has 0 saturated carbocycles. The summed E-state index contributed by atoms with van der Waals surface area (Å²) >= 11 is 5.94. The van der Waals surface area contributed by atoms with Gasteiger partial charge in [0.25, 0.3) is 15.9 Å². The number of ether oxygens (including phenoxy) is 1. The van der Waals surface area contributed by atoms with Crippen LogP contribution in [0.5, 0.6) is 5.75 Å². The summed E-state index contributed by atoms with van der Waals surface area (Å²) < 4.78 is 29.6. The Morgan fingerprint density at radius 2 is 1.88 bits per heavy atom. The largest absolute Gasteiger partial charge is 0.495 e. The van der Waals surface area contributed by atoms with Crippen molar-refractivity contribution >= 4 is 38.4 Å². The van der Waals surface area contributed by atoms with Gasteiger partial charge < -0.3 is 4.74 Å². The van der Waals surface area contributed by atoms with E-state index in [1.165, 1.54) is 31.4 Å². The number of hydrazine groups is 1. The molecule has 134 valence electrons. The average Bonchev–Trinajstić information content (AvgIpc) is 2.65. The standard InChI is InChI=1S/C17H14ClN3O4S/c1-25-16-9-7-12(10-13(16)18)26(23,24)21-20-17(22)15-8-6-11-4-2-3-5-14(11)19-15/h2-10,21H,1H3,(H,20,22). The van der Waals surface area contributed by atoms with Crippen molar-refractivity contribution in [2.45, 2.75) is 4.90 Å². The molecule has 9 heteroatoms. The van der Waals surface area contributed by atoms with Gasteiger partial charge in [0.15, 0.2) is 0 Å². The zero-order valence-electron chi connectivity index (χ0n) is 13.6. The number of hydrogen-bond donors (Lipinski definition) is 2. The predicted molar refractivity (Wildman–Crippen MR) is 97.5 cm³/mol. The van der Waals surface area contributed by atoms with Crippen LogP contribution in [-0.2, 0) is 10.0 Å². The second kappa shape index (κ2) is 7.28. The highest BCUT2D eigenvalue weighted by Crippen LogP contribution is 2.26. The van der Waals surface area contributed by atoms with Crippen LogP contribution in [0.25, 0.3) is 10.9 Å². The lowest BCUT2D eigenvalue weighted by molar-refractivity contribution is 0.0940. The number of nitrogens with zero attached hydrogens (tertiary/aromatic N) is 1. The molecule has 2 N–H and O–H groups in total. The Labute approximate surface area is 155 Å². The maximum atomic E-state index is 12.3. The smallest absolute Gasteiger partial charge is 0.284 e. The maximum Gasteiger partial charge on any atom is 0.284 e. The van der Waals surface area contributed by atoms with Gasteiger partial charge in [-0.1, -0.05) is 35.9 Å². The topological polar surface area (TPSA) is 97.4 Å². The minimum Gasteiger partial charge on any atom is -0.495 e. The van der Waals surface area contributed by atoms with Gasteiger partial charge in [-0.2, -0.15) is 0 Å². The first-order chi connectivity index (χ1) is 12.4. The molecule has 3 rings (SSSR count). The van der Waals surface area contributed by atoms with E-state index in [0.717, 1.165) is 5.39 Å². The third kappa shape index (κ3) is 3.77. The summed E-state index contributed by atoms with van der Waals surface area (Å²) in [7, 11) is -2.58. The third-order valence-corrected chi connectivity index (χ3v) is 5.10. The van der Waals surface area contributed by atoms with Crippen LogP contribution in [0.1, 0.15) is 10.5 Å². The van der Waals surface area contributed by atoms with Crippen LogP contribution in [0.2, 0.25) is 5.02 Å². The first-order valence-corrected chi connectivity index (χ1v) is 9.28. The lowest BCUT2D eigenvalue weighted by atomic mass is 10.2. The molecular weight excluding hydrogens is 378 g/mol. The highest BCUT2D eigenvalue weighted by molar-refractivity contribution is 7.89. The number of fused-ring (bicyclic) bond motifs is 1. The number of halogens is 1. The Hall–Kier alpha value is -2.68. The molecule has 1 heterocycles. The lowest BCUT2D eigenvalue weighted by Crippen LogP contribution is -2.41. The fraction of sp³-hybridized carbons (Fsp3) is 0.0588. The number of hydrogen-bond acceptors (Lipinski definition) is 5. The first kappa shape index (κ1) is 18.1. The summed E-state index contributed by atoms with van der Waals surface area (Å²) in [4.78, 5) is 18.3. The van der Waals surface area contributed by atoms with Gasteiger partial charge in [0.2, 0.25) is 0 Å².